The van der Waals surface area contributed by atoms with Crippen LogP contribution in [0.1, 0.15) is 49.0 Å². The highest BCUT2D eigenvalue weighted by Gasteiger charge is 2.46. The summed E-state index contributed by atoms with van der Waals surface area (Å²) in [6.45, 7) is 12.3. The van der Waals surface area contributed by atoms with E-state index in [1.807, 2.05) is 73.1 Å². The third-order valence-electron chi connectivity index (χ3n) is 15.0. The van der Waals surface area contributed by atoms with Crippen molar-refractivity contribution in [2.75, 3.05) is 40.4 Å². The van der Waals surface area contributed by atoms with Crippen LogP contribution in [0, 0.1) is 23.7 Å². The fourth-order valence-corrected chi connectivity index (χ4v) is 11.5. The van der Waals surface area contributed by atoms with Gasteiger partial charge in [0.05, 0.1) is 37.3 Å². The molecule has 0 N–H and O–H groups in total. The van der Waals surface area contributed by atoms with Gasteiger partial charge in [0.25, 0.3) is 0 Å². The number of rotatable bonds is 14. The van der Waals surface area contributed by atoms with Crippen LogP contribution in [0.3, 0.4) is 0 Å². The van der Waals surface area contributed by atoms with E-state index < -0.39 is 12.2 Å². The lowest BCUT2D eigenvalue weighted by molar-refractivity contribution is -0.0388. The van der Waals surface area contributed by atoms with Crippen LogP contribution in [0.4, 0.5) is 0 Å². The van der Waals surface area contributed by atoms with Crippen LogP contribution in [0.5, 0.6) is 23.3 Å². The SMILES string of the molecule is C=C[C@H]1CN2CCC1C[C@H]2[C@H](Oc1nc(-c2ccccc2)nc(O[C@H](c2ccnc3ccc(OC)cc23)[C@@H]2CC3CCN2C[C@@H]3C=C)c1-c1ccccc1)c1ccnc2ccc(OC)cc12. The van der Waals surface area contributed by atoms with Crippen molar-refractivity contribution in [3.8, 4) is 45.8 Å². The zero-order valence-corrected chi connectivity index (χ0v) is 37.7. The average molecular weight is 877 g/mol. The largest absolute Gasteiger partial charge is 0.497 e. The molecule has 9 heterocycles. The predicted octanol–water partition coefficient (Wildman–Crippen LogP) is 11.0. The maximum absolute atomic E-state index is 7.73. The number of piperidine rings is 6. The minimum atomic E-state index is -0.437. The number of fused-ring (bicyclic) bond motifs is 8. The molecule has 4 unspecified atom stereocenters. The number of nitrogens with zero attached hydrogens (tertiary/aromatic N) is 6. The van der Waals surface area contributed by atoms with Gasteiger partial charge in [0, 0.05) is 52.9 Å². The topological polar surface area (TPSA) is 95.0 Å². The lowest BCUT2D eigenvalue weighted by atomic mass is 9.73. The van der Waals surface area contributed by atoms with Crippen molar-refractivity contribution < 1.29 is 18.9 Å². The molecular weight excluding hydrogens is 821 g/mol. The number of hydrogen-bond donors (Lipinski definition) is 0. The zero-order valence-electron chi connectivity index (χ0n) is 37.7. The fraction of sp³-hybridized carbons (Fsp3) is 0.321. The van der Waals surface area contributed by atoms with Crippen molar-refractivity contribution >= 4 is 21.8 Å². The van der Waals surface area contributed by atoms with E-state index in [1.54, 1.807) is 14.2 Å². The maximum atomic E-state index is 7.73. The quantitative estimate of drug-likeness (QED) is 0.0983. The second-order valence-electron chi connectivity index (χ2n) is 18.4. The molecule has 0 saturated carbocycles. The first-order valence-electron chi connectivity index (χ1n) is 23.4. The highest BCUT2D eigenvalue weighted by molar-refractivity contribution is 5.85. The van der Waals surface area contributed by atoms with Gasteiger partial charge in [0.2, 0.25) is 11.8 Å². The summed E-state index contributed by atoms with van der Waals surface area (Å²) in [6, 6.07) is 37.0. The number of aromatic nitrogens is 4. The third kappa shape index (κ3) is 7.75. The molecule has 334 valence electrons. The molecule has 4 aromatic carbocycles. The first-order chi connectivity index (χ1) is 32.5. The molecule has 7 aromatic rings. The highest BCUT2D eigenvalue weighted by Crippen LogP contribution is 2.49. The minimum Gasteiger partial charge on any atom is -0.497 e. The Morgan fingerprint density at radius 1 is 0.591 bits per heavy atom. The van der Waals surface area contributed by atoms with E-state index in [4.69, 9.17) is 38.9 Å². The minimum absolute atomic E-state index is 0.0502. The van der Waals surface area contributed by atoms with Crippen molar-refractivity contribution in [3.63, 3.8) is 0 Å². The lowest BCUT2D eigenvalue weighted by Crippen LogP contribution is -2.55. The van der Waals surface area contributed by atoms with Gasteiger partial charge in [-0.15, -0.1) is 13.2 Å². The Bertz CT molecular complexity index is 2740. The maximum Gasteiger partial charge on any atom is 0.229 e. The Balaban J connectivity index is 1.13. The van der Waals surface area contributed by atoms with Crippen molar-refractivity contribution in [1.29, 1.82) is 0 Å². The summed E-state index contributed by atoms with van der Waals surface area (Å²) >= 11 is 0. The second kappa shape index (κ2) is 18.0. The van der Waals surface area contributed by atoms with Gasteiger partial charge < -0.3 is 18.9 Å². The second-order valence-corrected chi connectivity index (χ2v) is 18.4. The molecule has 0 aliphatic carbocycles. The van der Waals surface area contributed by atoms with Gasteiger partial charge in [-0.1, -0.05) is 72.8 Å². The Labute approximate surface area is 387 Å². The van der Waals surface area contributed by atoms with E-state index in [2.05, 4.69) is 83.6 Å². The molecule has 10 heteroatoms. The summed E-state index contributed by atoms with van der Waals surface area (Å²) in [6.07, 6.45) is 11.4. The molecule has 4 bridgehead atoms. The van der Waals surface area contributed by atoms with E-state index in [-0.39, 0.29) is 12.1 Å². The molecule has 10 nitrogen and oxygen atoms in total. The van der Waals surface area contributed by atoms with E-state index in [0.717, 1.165) is 107 Å². The van der Waals surface area contributed by atoms with E-state index >= 15 is 0 Å². The zero-order chi connectivity index (χ0) is 44.7. The van der Waals surface area contributed by atoms with Crippen LogP contribution in [0.25, 0.3) is 44.3 Å². The molecule has 6 saturated heterocycles. The van der Waals surface area contributed by atoms with Gasteiger partial charge >= 0.3 is 0 Å². The molecule has 66 heavy (non-hydrogen) atoms. The fourth-order valence-electron chi connectivity index (χ4n) is 11.5. The first kappa shape index (κ1) is 42.0. The van der Waals surface area contributed by atoms with Crippen LogP contribution < -0.4 is 18.9 Å². The molecule has 13 rings (SSSR count). The summed E-state index contributed by atoms with van der Waals surface area (Å²) in [4.78, 5) is 25.7. The molecule has 0 radical (unpaired) electrons. The summed E-state index contributed by atoms with van der Waals surface area (Å²) < 4.78 is 27.1. The number of methoxy groups -OCH3 is 2. The standard InChI is InChI=1S/C56H56N6O4/c1-5-35-33-61-27-23-39(35)29-49(61)52(43-21-25-57-47-19-17-41(63-3)31-45(43)47)65-55-51(37-13-9-7-10-14-37)56(60-54(59-55)38-15-11-8-12-16-38)66-53(50-30-40-24-28-62(50)34-36(40)6-2)44-22-26-58-48-20-18-42(64-4)32-46(44)48/h5-22,25-26,31-32,35-36,39-40,49-50,52-53H,1-2,23-24,27-30,33-34H2,3-4H3/t35-,36-,39?,40?,49-,50-,52+,53+/m0/s1. The van der Waals surface area contributed by atoms with Crippen LogP contribution in [-0.4, -0.2) is 82.2 Å². The van der Waals surface area contributed by atoms with E-state index in [1.165, 1.54) is 0 Å². The number of pyridine rings is 2. The summed E-state index contributed by atoms with van der Waals surface area (Å²) in [5.41, 5.74) is 6.29. The highest BCUT2D eigenvalue weighted by atomic mass is 16.5. The van der Waals surface area contributed by atoms with Crippen LogP contribution in [0.2, 0.25) is 0 Å². The Morgan fingerprint density at radius 2 is 1.06 bits per heavy atom. The van der Waals surface area contributed by atoms with Gasteiger partial charge in [0.1, 0.15) is 29.3 Å². The summed E-state index contributed by atoms with van der Waals surface area (Å²) in [5, 5.41) is 1.97. The number of hydrogen-bond acceptors (Lipinski definition) is 10. The third-order valence-corrected chi connectivity index (χ3v) is 15.0. The Hall–Kier alpha value is -6.62. The Morgan fingerprint density at radius 3 is 1.48 bits per heavy atom. The summed E-state index contributed by atoms with van der Waals surface area (Å²) in [7, 11) is 3.41. The van der Waals surface area contributed by atoms with Gasteiger partial charge in [-0.3, -0.25) is 19.8 Å². The predicted molar refractivity (Wildman–Crippen MR) is 260 cm³/mol. The molecule has 0 amide bonds. The van der Waals surface area contributed by atoms with Crippen LogP contribution in [0.15, 0.2) is 147 Å². The smallest absolute Gasteiger partial charge is 0.229 e. The van der Waals surface area contributed by atoms with Crippen LogP contribution >= 0.6 is 0 Å². The van der Waals surface area contributed by atoms with Crippen LogP contribution in [-0.2, 0) is 0 Å². The van der Waals surface area contributed by atoms with E-state index in [0.29, 0.717) is 46.8 Å². The summed E-state index contributed by atoms with van der Waals surface area (Å²) in [5.74, 6) is 4.84. The Kier molecular flexibility index (Phi) is 11.5. The number of ether oxygens (including phenoxy) is 4. The molecule has 10 atom stereocenters. The van der Waals surface area contributed by atoms with Crippen molar-refractivity contribution in [2.45, 2.75) is 50.0 Å². The molecule has 6 aliphatic rings. The van der Waals surface area contributed by atoms with Crippen molar-refractivity contribution in [1.82, 2.24) is 29.7 Å². The molecule has 6 fully saturated rings. The van der Waals surface area contributed by atoms with E-state index in [9.17, 15) is 0 Å². The van der Waals surface area contributed by atoms with Crippen molar-refractivity contribution in [3.05, 3.63) is 158 Å². The van der Waals surface area contributed by atoms with Gasteiger partial charge in [-0.2, -0.15) is 9.97 Å². The van der Waals surface area contributed by atoms with Crippen molar-refractivity contribution in [2.24, 2.45) is 23.7 Å². The van der Waals surface area contributed by atoms with Gasteiger partial charge in [0.15, 0.2) is 5.82 Å². The normalized spacial score (nSPS) is 25.2. The number of benzene rings is 4. The van der Waals surface area contributed by atoms with Gasteiger partial charge in [-0.05, 0) is 117 Å². The first-order valence-corrected chi connectivity index (χ1v) is 23.4. The van der Waals surface area contributed by atoms with Gasteiger partial charge in [-0.25, -0.2) is 0 Å². The average Bonchev–Trinajstić information content (AvgIpc) is 3.39. The molecular formula is C56H56N6O4. The molecule has 0 spiro atoms. The monoisotopic (exact) mass is 876 g/mol. The lowest BCUT2D eigenvalue weighted by Gasteiger charge is -2.51. The molecule has 6 aliphatic heterocycles. The molecule has 3 aromatic heterocycles.